The monoisotopic (exact) mass is 360 g/mol. The Morgan fingerprint density at radius 3 is 2.67 bits per heavy atom. The average Bonchev–Trinajstić information content (AvgIpc) is 2.89. The molecule has 1 aliphatic rings. The number of halogens is 1. The first-order chi connectivity index (χ1) is 11.5. The Balaban J connectivity index is 1.94. The van der Waals surface area contributed by atoms with E-state index in [1.807, 2.05) is 0 Å². The lowest BCUT2D eigenvalue weighted by molar-refractivity contribution is 0.265. The van der Waals surface area contributed by atoms with Gasteiger partial charge in [-0.25, -0.2) is 4.99 Å². The van der Waals surface area contributed by atoms with Gasteiger partial charge in [0.1, 0.15) is 5.84 Å². The molecule has 0 atom stereocenters. The minimum atomic E-state index is -0.202. The van der Waals surface area contributed by atoms with Crippen LogP contribution in [0.15, 0.2) is 52.4 Å². The van der Waals surface area contributed by atoms with E-state index in [0.29, 0.717) is 27.2 Å². The Morgan fingerprint density at radius 1 is 1.25 bits per heavy atom. The zero-order chi connectivity index (χ0) is 17.1. The van der Waals surface area contributed by atoms with Crippen molar-refractivity contribution in [3.8, 4) is 11.5 Å². The molecule has 0 saturated carbocycles. The summed E-state index contributed by atoms with van der Waals surface area (Å²) in [6.45, 7) is 0. The molecule has 122 valence electrons. The van der Waals surface area contributed by atoms with Crippen LogP contribution >= 0.6 is 23.4 Å². The van der Waals surface area contributed by atoms with Gasteiger partial charge >= 0.3 is 0 Å². The van der Waals surface area contributed by atoms with E-state index in [4.69, 9.17) is 16.3 Å². The van der Waals surface area contributed by atoms with Crippen LogP contribution in [-0.2, 0) is 0 Å². The van der Waals surface area contributed by atoms with Crippen molar-refractivity contribution in [3.63, 3.8) is 0 Å². The minimum absolute atomic E-state index is 0.0327. The molecule has 1 aliphatic heterocycles. The van der Waals surface area contributed by atoms with Gasteiger partial charge < -0.3 is 15.2 Å². The van der Waals surface area contributed by atoms with Gasteiger partial charge in [-0.2, -0.15) is 0 Å². The molecule has 1 saturated heterocycles. The third kappa shape index (κ3) is 3.72. The van der Waals surface area contributed by atoms with Crippen LogP contribution in [-0.4, -0.2) is 23.3 Å². The highest BCUT2D eigenvalue weighted by atomic mass is 35.5. The molecule has 0 aromatic heterocycles. The predicted molar refractivity (Wildman–Crippen MR) is 97.3 cm³/mol. The smallest absolute Gasteiger partial charge is 0.289 e. The zero-order valence-corrected chi connectivity index (χ0v) is 14.2. The van der Waals surface area contributed by atoms with Crippen LogP contribution in [0.2, 0.25) is 5.02 Å². The number of hydrogen-bond donors (Lipinski definition) is 2. The number of methoxy groups -OCH3 is 1. The van der Waals surface area contributed by atoms with E-state index in [1.165, 1.54) is 7.11 Å². The van der Waals surface area contributed by atoms with Crippen molar-refractivity contribution in [2.75, 3.05) is 7.11 Å². The summed E-state index contributed by atoms with van der Waals surface area (Å²) in [6, 6.07) is 12.0. The van der Waals surface area contributed by atoms with Gasteiger partial charge in [0.25, 0.3) is 5.24 Å². The molecule has 2 aromatic rings. The Labute approximate surface area is 148 Å². The summed E-state index contributed by atoms with van der Waals surface area (Å²) in [5.41, 5.74) is 1.41. The number of carbonyl (C=O) groups is 1. The third-order valence-corrected chi connectivity index (χ3v) is 4.30. The second-order valence-corrected chi connectivity index (χ2v) is 6.34. The van der Waals surface area contributed by atoms with Crippen molar-refractivity contribution in [2.45, 2.75) is 0 Å². The van der Waals surface area contributed by atoms with Crippen LogP contribution in [0.25, 0.3) is 6.08 Å². The molecular formula is C17H13ClN2O3S. The Morgan fingerprint density at radius 2 is 2.00 bits per heavy atom. The fraction of sp³-hybridized carbons (Fsp3) is 0.0588. The molecule has 0 unspecified atom stereocenters. The van der Waals surface area contributed by atoms with Crippen LogP contribution in [0.3, 0.4) is 0 Å². The topological polar surface area (TPSA) is 70.9 Å². The van der Waals surface area contributed by atoms with Crippen molar-refractivity contribution >= 4 is 46.2 Å². The molecule has 1 amide bonds. The van der Waals surface area contributed by atoms with Gasteiger partial charge in [-0.3, -0.25) is 4.79 Å². The van der Waals surface area contributed by atoms with Gasteiger partial charge in [-0.05, 0) is 59.8 Å². The highest BCUT2D eigenvalue weighted by molar-refractivity contribution is 8.18. The minimum Gasteiger partial charge on any atom is -0.504 e. The number of thioether (sulfide) groups is 1. The van der Waals surface area contributed by atoms with Crippen LogP contribution in [0.5, 0.6) is 11.5 Å². The number of amides is 1. The number of hydrogen-bond acceptors (Lipinski definition) is 5. The van der Waals surface area contributed by atoms with Gasteiger partial charge in [0.15, 0.2) is 11.5 Å². The summed E-state index contributed by atoms with van der Waals surface area (Å²) in [5.74, 6) is 0.883. The van der Waals surface area contributed by atoms with Crippen molar-refractivity contribution in [1.82, 2.24) is 5.32 Å². The molecule has 0 bridgehead atoms. The summed E-state index contributed by atoms with van der Waals surface area (Å²) < 4.78 is 5.02. The maximum atomic E-state index is 11.7. The fourth-order valence-corrected chi connectivity index (χ4v) is 2.97. The number of amidine groups is 1. The molecule has 7 heteroatoms. The maximum Gasteiger partial charge on any atom is 0.289 e. The SMILES string of the molecule is COc1ccc(/C=C2\SC(=O)NC2=Nc2ccc(Cl)cc2)cc1O. The summed E-state index contributed by atoms with van der Waals surface area (Å²) in [5, 5.41) is 13.0. The van der Waals surface area contributed by atoms with Gasteiger partial charge in [-0.1, -0.05) is 17.7 Å². The second-order valence-electron chi connectivity index (χ2n) is 4.89. The molecule has 1 heterocycles. The van der Waals surface area contributed by atoms with E-state index in [0.717, 1.165) is 17.3 Å². The molecular weight excluding hydrogens is 348 g/mol. The number of phenols is 1. The lowest BCUT2D eigenvalue weighted by Crippen LogP contribution is -2.18. The number of carbonyl (C=O) groups excluding carboxylic acids is 1. The first kappa shape index (κ1) is 16.4. The molecule has 1 fully saturated rings. The van der Waals surface area contributed by atoms with Gasteiger partial charge in [0, 0.05) is 5.02 Å². The van der Waals surface area contributed by atoms with Crippen molar-refractivity contribution in [3.05, 3.63) is 58.0 Å². The number of nitrogens with one attached hydrogen (secondary N) is 1. The summed E-state index contributed by atoms with van der Waals surface area (Å²) in [6.07, 6.45) is 1.77. The lowest BCUT2D eigenvalue weighted by atomic mass is 10.2. The molecule has 2 N–H and O–H groups in total. The molecule has 0 aliphatic carbocycles. The Kier molecular flexibility index (Phi) is 4.78. The average molecular weight is 361 g/mol. The molecule has 3 rings (SSSR count). The number of rotatable bonds is 3. The van der Waals surface area contributed by atoms with Crippen LogP contribution in [0.1, 0.15) is 5.56 Å². The van der Waals surface area contributed by atoms with Crippen LogP contribution in [0, 0.1) is 0 Å². The van der Waals surface area contributed by atoms with Crippen molar-refractivity contribution in [2.24, 2.45) is 4.99 Å². The van der Waals surface area contributed by atoms with Crippen LogP contribution in [0.4, 0.5) is 10.5 Å². The van der Waals surface area contributed by atoms with Crippen LogP contribution < -0.4 is 10.1 Å². The molecule has 0 spiro atoms. The largest absolute Gasteiger partial charge is 0.504 e. The summed E-state index contributed by atoms with van der Waals surface area (Å²) in [7, 11) is 1.49. The Bertz CT molecular complexity index is 847. The van der Waals surface area contributed by atoms with E-state index in [2.05, 4.69) is 10.3 Å². The molecule has 2 aromatic carbocycles. The zero-order valence-electron chi connectivity index (χ0n) is 12.6. The summed E-state index contributed by atoms with van der Waals surface area (Å²) in [4.78, 5) is 16.8. The fourth-order valence-electron chi connectivity index (χ4n) is 2.11. The van der Waals surface area contributed by atoms with Gasteiger partial charge in [0.05, 0.1) is 17.7 Å². The predicted octanol–water partition coefficient (Wildman–Crippen LogP) is 4.58. The number of nitrogens with zero attached hydrogens (tertiary/aromatic N) is 1. The second kappa shape index (κ2) is 6.98. The number of aliphatic imine (C=N–C) groups is 1. The Hall–Kier alpha value is -2.44. The molecule has 5 nitrogen and oxygen atoms in total. The summed E-state index contributed by atoms with van der Waals surface area (Å²) >= 11 is 6.91. The van der Waals surface area contributed by atoms with Crippen molar-refractivity contribution in [1.29, 1.82) is 0 Å². The standard InChI is InChI=1S/C17H13ClN2O3S/c1-23-14-7-2-10(8-13(14)21)9-15-16(20-17(22)24-15)19-12-5-3-11(18)4-6-12/h2-9,21H,1H3,(H,19,20,22)/b15-9-. The number of aromatic hydroxyl groups is 1. The highest BCUT2D eigenvalue weighted by Crippen LogP contribution is 2.31. The number of ether oxygens (including phenoxy) is 1. The molecule has 24 heavy (non-hydrogen) atoms. The van der Waals surface area contributed by atoms with Gasteiger partial charge in [-0.15, -0.1) is 0 Å². The first-order valence-corrected chi connectivity index (χ1v) is 8.17. The van der Waals surface area contributed by atoms with E-state index in [-0.39, 0.29) is 11.0 Å². The molecule has 0 radical (unpaired) electrons. The quantitative estimate of drug-likeness (QED) is 0.840. The first-order valence-electron chi connectivity index (χ1n) is 6.97. The van der Waals surface area contributed by atoms with E-state index in [9.17, 15) is 9.90 Å². The third-order valence-electron chi connectivity index (χ3n) is 3.22. The van der Waals surface area contributed by atoms with Gasteiger partial charge in [0.2, 0.25) is 0 Å². The maximum absolute atomic E-state index is 11.7. The van der Waals surface area contributed by atoms with E-state index in [1.54, 1.807) is 48.5 Å². The van der Waals surface area contributed by atoms with E-state index >= 15 is 0 Å². The van der Waals surface area contributed by atoms with E-state index < -0.39 is 0 Å². The normalized spacial score (nSPS) is 17.3. The number of phenolic OH excluding ortho intramolecular Hbond substituents is 1. The van der Waals surface area contributed by atoms with Crippen molar-refractivity contribution < 1.29 is 14.6 Å². The number of benzene rings is 2. The highest BCUT2D eigenvalue weighted by Gasteiger charge is 2.23. The lowest BCUT2D eigenvalue weighted by Gasteiger charge is -2.04.